The fraction of sp³-hybridized carbons (Fsp3) is 0.125. The van der Waals surface area contributed by atoms with Crippen molar-refractivity contribution in [2.75, 3.05) is 12.8 Å². The summed E-state index contributed by atoms with van der Waals surface area (Å²) in [5.41, 5.74) is 5.52. The molecule has 0 unspecified atom stereocenters. The van der Waals surface area contributed by atoms with E-state index in [1.807, 2.05) is 0 Å². The molecule has 7 heteroatoms. The van der Waals surface area contributed by atoms with E-state index in [0.717, 1.165) is 0 Å². The third kappa shape index (κ3) is 1.33. The van der Waals surface area contributed by atoms with Crippen molar-refractivity contribution < 1.29 is 14.3 Å². The molecule has 0 aliphatic heterocycles. The number of rotatable bonds is 1. The fourth-order valence-electron chi connectivity index (χ4n) is 1.27. The molecule has 0 radical (unpaired) electrons. The zero-order valence-electron chi connectivity index (χ0n) is 7.88. The van der Waals surface area contributed by atoms with Crippen LogP contribution in [0.4, 0.5) is 5.95 Å². The third-order valence-corrected chi connectivity index (χ3v) is 2.01. The number of fused-ring (bicyclic) bond motifs is 1. The van der Waals surface area contributed by atoms with Crippen molar-refractivity contribution >= 4 is 17.0 Å². The maximum atomic E-state index is 11.5. The Morgan fingerprint density at radius 3 is 2.73 bits per heavy atom. The number of anilines is 1. The van der Waals surface area contributed by atoms with Crippen molar-refractivity contribution in [2.24, 2.45) is 0 Å². The van der Waals surface area contributed by atoms with Gasteiger partial charge in [-0.15, -0.1) is 0 Å². The average molecular weight is 208 g/mol. The van der Waals surface area contributed by atoms with Crippen LogP contribution in [0.5, 0.6) is 5.75 Å². The van der Waals surface area contributed by atoms with Gasteiger partial charge in [-0.05, 0) is 6.07 Å². The minimum Gasteiger partial charge on any atom is -0.739 e. The van der Waals surface area contributed by atoms with E-state index in [9.17, 15) is 10.4 Å². The van der Waals surface area contributed by atoms with Crippen molar-refractivity contribution in [3.05, 3.63) is 28.6 Å². The highest BCUT2D eigenvalue weighted by Gasteiger charge is 2.17. The molecule has 2 aromatic rings. The molecule has 0 amide bonds. The predicted octanol–water partition coefficient (Wildman–Crippen LogP) is -0.908. The van der Waals surface area contributed by atoms with E-state index >= 15 is 0 Å². The number of methoxy groups -OCH3 is 1. The highest BCUT2D eigenvalue weighted by Crippen LogP contribution is 2.15. The molecular weight excluding hydrogens is 200 g/mol. The molecular formula is C8H8N4O3. The SMILES string of the molecule is COc1ccc2c(c1)[n+]([O-])c(N)n[n+]2[O-]. The molecule has 0 spiro atoms. The minimum absolute atomic E-state index is 0.122. The molecule has 1 heterocycles. The van der Waals surface area contributed by atoms with Gasteiger partial charge < -0.3 is 15.2 Å². The second kappa shape index (κ2) is 3.12. The van der Waals surface area contributed by atoms with Crippen LogP contribution in [0.3, 0.4) is 0 Å². The summed E-state index contributed by atoms with van der Waals surface area (Å²) in [6.45, 7) is 0. The second-order valence-corrected chi connectivity index (χ2v) is 2.88. The third-order valence-electron chi connectivity index (χ3n) is 2.01. The number of nitrogens with two attached hydrogens (primary N) is 1. The first-order valence-corrected chi connectivity index (χ1v) is 4.10. The van der Waals surface area contributed by atoms with Gasteiger partial charge in [0, 0.05) is 17.0 Å². The number of benzene rings is 1. The fourth-order valence-corrected chi connectivity index (χ4v) is 1.27. The molecule has 2 rings (SSSR count). The van der Waals surface area contributed by atoms with Crippen LogP contribution in [0.2, 0.25) is 0 Å². The van der Waals surface area contributed by atoms with E-state index in [1.54, 1.807) is 6.07 Å². The van der Waals surface area contributed by atoms with Gasteiger partial charge >= 0.3 is 5.95 Å². The van der Waals surface area contributed by atoms with E-state index in [-0.39, 0.29) is 11.0 Å². The molecule has 1 aromatic carbocycles. The highest BCUT2D eigenvalue weighted by atomic mass is 16.5. The number of aromatic nitrogens is 3. The summed E-state index contributed by atoms with van der Waals surface area (Å²) in [7, 11) is 1.46. The van der Waals surface area contributed by atoms with Gasteiger partial charge in [0.05, 0.1) is 7.11 Å². The van der Waals surface area contributed by atoms with E-state index in [2.05, 4.69) is 5.10 Å². The van der Waals surface area contributed by atoms with Gasteiger partial charge in [0.2, 0.25) is 5.10 Å². The Bertz CT molecular complexity index is 529. The molecule has 0 aliphatic carbocycles. The van der Waals surface area contributed by atoms with Crippen LogP contribution in [0.25, 0.3) is 11.0 Å². The average Bonchev–Trinajstić information content (AvgIpc) is 2.25. The summed E-state index contributed by atoms with van der Waals surface area (Å²) >= 11 is 0. The van der Waals surface area contributed by atoms with Crippen LogP contribution in [-0.4, -0.2) is 12.2 Å². The zero-order chi connectivity index (χ0) is 11.0. The molecule has 7 nitrogen and oxygen atoms in total. The first kappa shape index (κ1) is 9.25. The van der Waals surface area contributed by atoms with Crippen LogP contribution in [0.1, 0.15) is 0 Å². The largest absolute Gasteiger partial charge is 0.739 e. The van der Waals surface area contributed by atoms with Crippen molar-refractivity contribution in [3.8, 4) is 5.75 Å². The Morgan fingerprint density at radius 2 is 2.07 bits per heavy atom. The number of nitrogens with zero attached hydrogens (tertiary/aromatic N) is 3. The van der Waals surface area contributed by atoms with Crippen molar-refractivity contribution in [1.29, 1.82) is 0 Å². The first-order chi connectivity index (χ1) is 7.13. The second-order valence-electron chi connectivity index (χ2n) is 2.88. The quantitative estimate of drug-likeness (QED) is 0.483. The lowest BCUT2D eigenvalue weighted by Gasteiger charge is -2.07. The van der Waals surface area contributed by atoms with Crippen LogP contribution < -0.4 is 20.0 Å². The van der Waals surface area contributed by atoms with Crippen LogP contribution in [-0.2, 0) is 0 Å². The lowest BCUT2D eigenvalue weighted by atomic mass is 10.3. The molecule has 0 fully saturated rings. The topological polar surface area (TPSA) is 102 Å². The van der Waals surface area contributed by atoms with Crippen molar-refractivity contribution in [3.63, 3.8) is 0 Å². The molecule has 0 saturated carbocycles. The predicted molar refractivity (Wildman–Crippen MR) is 50.6 cm³/mol. The van der Waals surface area contributed by atoms with E-state index in [0.29, 0.717) is 15.3 Å². The van der Waals surface area contributed by atoms with Crippen LogP contribution in [0.15, 0.2) is 18.2 Å². The van der Waals surface area contributed by atoms with E-state index in [4.69, 9.17) is 10.5 Å². The Labute approximate surface area is 84.5 Å². The smallest absolute Gasteiger partial charge is 0.458 e. The van der Waals surface area contributed by atoms with Gasteiger partial charge in [-0.1, -0.05) is 0 Å². The Hall–Kier alpha value is -2.31. The van der Waals surface area contributed by atoms with Crippen molar-refractivity contribution in [2.45, 2.75) is 0 Å². The van der Waals surface area contributed by atoms with Gasteiger partial charge in [-0.3, -0.25) is 5.73 Å². The molecule has 0 aliphatic rings. The molecule has 15 heavy (non-hydrogen) atoms. The number of ether oxygens (including phenoxy) is 1. The molecule has 0 atom stereocenters. The lowest BCUT2D eigenvalue weighted by Crippen LogP contribution is -2.44. The molecule has 0 bridgehead atoms. The van der Waals surface area contributed by atoms with Gasteiger partial charge in [0.15, 0.2) is 5.52 Å². The summed E-state index contributed by atoms with van der Waals surface area (Å²) in [6, 6.07) is 4.44. The Balaban J connectivity index is 2.85. The maximum Gasteiger partial charge on any atom is 0.458 e. The van der Waals surface area contributed by atoms with Gasteiger partial charge in [0.25, 0.3) is 5.52 Å². The van der Waals surface area contributed by atoms with Gasteiger partial charge in [-0.2, -0.15) is 0 Å². The number of nitrogen functional groups attached to an aromatic ring is 1. The number of hydrogen-bond acceptors (Lipinski definition) is 5. The summed E-state index contributed by atoms with van der Waals surface area (Å²) in [6.07, 6.45) is 0. The van der Waals surface area contributed by atoms with Gasteiger partial charge in [-0.25, -0.2) is 4.73 Å². The zero-order valence-corrected chi connectivity index (χ0v) is 7.88. The van der Waals surface area contributed by atoms with Crippen LogP contribution in [0, 0.1) is 10.4 Å². The minimum atomic E-state index is -0.397. The molecule has 0 saturated heterocycles. The summed E-state index contributed by atoms with van der Waals surface area (Å²) in [5, 5.41) is 26.1. The Kier molecular flexibility index (Phi) is 1.93. The lowest BCUT2D eigenvalue weighted by molar-refractivity contribution is -0.672. The summed E-state index contributed by atoms with van der Waals surface area (Å²) < 4.78 is 5.31. The highest BCUT2D eigenvalue weighted by molar-refractivity contribution is 5.69. The van der Waals surface area contributed by atoms with E-state index in [1.165, 1.54) is 19.2 Å². The van der Waals surface area contributed by atoms with Crippen molar-refractivity contribution in [1.82, 2.24) is 5.10 Å². The number of hydrogen-bond donors (Lipinski definition) is 1. The molecule has 2 N–H and O–H groups in total. The normalized spacial score (nSPS) is 10.5. The van der Waals surface area contributed by atoms with Crippen LogP contribution >= 0.6 is 0 Å². The monoisotopic (exact) mass is 208 g/mol. The van der Waals surface area contributed by atoms with Gasteiger partial charge in [0.1, 0.15) is 5.75 Å². The summed E-state index contributed by atoms with van der Waals surface area (Å²) in [5.74, 6) is 0.0726. The molecule has 1 aromatic heterocycles. The standard InChI is InChI=1S/C8H8N4O3/c1-15-5-2-3-6-7(4-5)11(13)8(9)10-12(6)14/h2-4H,1H3,(H2,9,10). The molecule has 78 valence electrons. The van der Waals surface area contributed by atoms with E-state index < -0.39 is 5.95 Å². The Morgan fingerprint density at radius 1 is 1.33 bits per heavy atom. The maximum absolute atomic E-state index is 11.5. The first-order valence-electron chi connectivity index (χ1n) is 4.10. The summed E-state index contributed by atoms with van der Waals surface area (Å²) in [4.78, 5) is 0.304.